The maximum Gasteiger partial charge on any atom is 0.118 e. The lowest BCUT2D eigenvalue weighted by Gasteiger charge is -2.37. The summed E-state index contributed by atoms with van der Waals surface area (Å²) in [5.41, 5.74) is 1.25. The van der Waals surface area contributed by atoms with E-state index in [0.717, 1.165) is 38.5 Å². The Kier molecular flexibility index (Phi) is 4.99. The van der Waals surface area contributed by atoms with Crippen LogP contribution in [-0.2, 0) is 17.8 Å². The summed E-state index contributed by atoms with van der Waals surface area (Å²) in [6, 6.07) is 2.80. The highest BCUT2D eigenvalue weighted by molar-refractivity contribution is 5.13. The Morgan fingerprint density at radius 3 is 3.14 bits per heavy atom. The Labute approximate surface area is 127 Å². The number of nitrogens with one attached hydrogen (secondary N) is 1. The number of furan rings is 1. The van der Waals surface area contributed by atoms with Crippen molar-refractivity contribution in [2.75, 3.05) is 19.7 Å². The molecule has 118 valence electrons. The minimum Gasteiger partial charge on any atom is -0.468 e. The van der Waals surface area contributed by atoms with Crippen molar-refractivity contribution in [2.45, 2.75) is 58.3 Å². The summed E-state index contributed by atoms with van der Waals surface area (Å²) in [6.07, 6.45) is 6.16. The van der Waals surface area contributed by atoms with Gasteiger partial charge in [0, 0.05) is 24.7 Å². The molecule has 3 rings (SSSR count). The summed E-state index contributed by atoms with van der Waals surface area (Å²) >= 11 is 0. The van der Waals surface area contributed by atoms with Gasteiger partial charge in [0.15, 0.2) is 0 Å². The number of fused-ring (bicyclic) bond motifs is 1. The highest BCUT2D eigenvalue weighted by atomic mass is 16.5. The Morgan fingerprint density at radius 1 is 1.38 bits per heavy atom. The van der Waals surface area contributed by atoms with Crippen molar-refractivity contribution in [3.63, 3.8) is 0 Å². The summed E-state index contributed by atoms with van der Waals surface area (Å²) in [5.74, 6) is 1.77. The van der Waals surface area contributed by atoms with Crippen LogP contribution in [0.4, 0.5) is 0 Å². The zero-order valence-electron chi connectivity index (χ0n) is 13.3. The van der Waals surface area contributed by atoms with E-state index in [2.05, 4.69) is 30.1 Å². The molecule has 2 fully saturated rings. The van der Waals surface area contributed by atoms with Crippen LogP contribution >= 0.6 is 0 Å². The molecule has 0 radical (unpaired) electrons. The maximum atomic E-state index is 5.87. The highest BCUT2D eigenvalue weighted by Gasteiger charge is 2.36. The molecular weight excluding hydrogens is 264 g/mol. The van der Waals surface area contributed by atoms with Crippen LogP contribution in [0.25, 0.3) is 0 Å². The molecule has 4 nitrogen and oxygen atoms in total. The molecule has 1 aliphatic heterocycles. The summed E-state index contributed by atoms with van der Waals surface area (Å²) in [4.78, 5) is 2.55. The summed E-state index contributed by atoms with van der Waals surface area (Å²) in [7, 11) is 0. The number of morpholine rings is 1. The van der Waals surface area contributed by atoms with Gasteiger partial charge < -0.3 is 14.5 Å². The second-order valence-electron chi connectivity index (χ2n) is 6.82. The van der Waals surface area contributed by atoms with Crippen LogP contribution in [0.2, 0.25) is 0 Å². The first-order chi connectivity index (χ1) is 10.2. The van der Waals surface area contributed by atoms with Gasteiger partial charge in [0.05, 0.1) is 25.5 Å². The van der Waals surface area contributed by atoms with E-state index in [1.54, 1.807) is 0 Å². The first-order valence-corrected chi connectivity index (χ1v) is 8.35. The van der Waals surface area contributed by atoms with Crippen LogP contribution in [-0.4, -0.2) is 36.7 Å². The van der Waals surface area contributed by atoms with E-state index in [0.29, 0.717) is 18.1 Å². The Balaban J connectivity index is 1.52. The molecule has 2 atom stereocenters. The smallest absolute Gasteiger partial charge is 0.118 e. The molecule has 0 spiro atoms. The summed E-state index contributed by atoms with van der Waals surface area (Å²) < 4.78 is 11.6. The molecule has 0 amide bonds. The van der Waals surface area contributed by atoms with E-state index in [1.165, 1.54) is 24.8 Å². The molecule has 21 heavy (non-hydrogen) atoms. The molecule has 2 aliphatic rings. The van der Waals surface area contributed by atoms with Crippen LogP contribution in [0.5, 0.6) is 0 Å². The Morgan fingerprint density at radius 2 is 2.29 bits per heavy atom. The molecule has 1 aromatic rings. The minimum atomic E-state index is 0.459. The van der Waals surface area contributed by atoms with Gasteiger partial charge in [0.1, 0.15) is 5.76 Å². The first kappa shape index (κ1) is 15.1. The average molecular weight is 292 g/mol. The molecular formula is C17H28N2O2. The molecule has 1 saturated carbocycles. The monoisotopic (exact) mass is 292 g/mol. The van der Waals surface area contributed by atoms with E-state index < -0.39 is 0 Å². The summed E-state index contributed by atoms with van der Waals surface area (Å²) in [5, 5.41) is 3.46. The van der Waals surface area contributed by atoms with Gasteiger partial charge >= 0.3 is 0 Å². The van der Waals surface area contributed by atoms with Crippen LogP contribution in [0.1, 0.15) is 44.4 Å². The van der Waals surface area contributed by atoms with Crippen molar-refractivity contribution in [1.82, 2.24) is 10.2 Å². The number of rotatable bonds is 6. The van der Waals surface area contributed by atoms with Gasteiger partial charge in [-0.2, -0.15) is 0 Å². The lowest BCUT2D eigenvalue weighted by atomic mass is 10.1. The van der Waals surface area contributed by atoms with Gasteiger partial charge in [-0.05, 0) is 37.8 Å². The molecule has 1 aromatic heterocycles. The van der Waals surface area contributed by atoms with Gasteiger partial charge in [-0.3, -0.25) is 4.90 Å². The zero-order valence-corrected chi connectivity index (χ0v) is 13.3. The molecule has 0 aromatic carbocycles. The first-order valence-electron chi connectivity index (χ1n) is 8.35. The maximum absolute atomic E-state index is 5.87. The Bertz CT molecular complexity index is 444. The van der Waals surface area contributed by atoms with E-state index in [-0.39, 0.29) is 0 Å². The fraction of sp³-hybridized carbons (Fsp3) is 0.765. The third-order valence-corrected chi connectivity index (χ3v) is 4.55. The standard InChI is InChI=1S/C17H28N2O2/c1-13(2)9-18-10-14-8-15(21-12-14)11-19-6-7-20-17-5-3-4-16(17)19/h8,12-13,16-18H,3-7,9-11H2,1-2H3. The van der Waals surface area contributed by atoms with Crippen LogP contribution in [0, 0.1) is 5.92 Å². The van der Waals surface area contributed by atoms with Crippen molar-refractivity contribution >= 4 is 0 Å². The third kappa shape index (κ3) is 3.87. The topological polar surface area (TPSA) is 37.6 Å². The fourth-order valence-corrected chi connectivity index (χ4v) is 3.51. The van der Waals surface area contributed by atoms with Gasteiger partial charge in [0.2, 0.25) is 0 Å². The average Bonchev–Trinajstić information content (AvgIpc) is 3.08. The molecule has 2 unspecified atom stereocenters. The second-order valence-corrected chi connectivity index (χ2v) is 6.82. The Hall–Kier alpha value is -0.840. The van der Waals surface area contributed by atoms with E-state index in [9.17, 15) is 0 Å². The van der Waals surface area contributed by atoms with Crippen molar-refractivity contribution in [2.24, 2.45) is 5.92 Å². The van der Waals surface area contributed by atoms with Gasteiger partial charge in [-0.1, -0.05) is 13.8 Å². The van der Waals surface area contributed by atoms with Crippen molar-refractivity contribution in [3.8, 4) is 0 Å². The van der Waals surface area contributed by atoms with Crippen molar-refractivity contribution in [1.29, 1.82) is 0 Å². The van der Waals surface area contributed by atoms with E-state index in [1.807, 2.05) is 6.26 Å². The lowest BCUT2D eigenvalue weighted by molar-refractivity contribution is -0.0606. The zero-order chi connectivity index (χ0) is 14.7. The van der Waals surface area contributed by atoms with Crippen LogP contribution in [0.3, 0.4) is 0 Å². The molecule has 1 saturated heterocycles. The van der Waals surface area contributed by atoms with Crippen molar-refractivity contribution < 1.29 is 9.15 Å². The lowest BCUT2D eigenvalue weighted by Crippen LogP contribution is -2.47. The van der Waals surface area contributed by atoms with Crippen LogP contribution < -0.4 is 5.32 Å². The number of ether oxygens (including phenoxy) is 1. The van der Waals surface area contributed by atoms with E-state index in [4.69, 9.17) is 9.15 Å². The predicted octanol–water partition coefficient (Wildman–Crippen LogP) is 2.78. The third-order valence-electron chi connectivity index (χ3n) is 4.55. The second kappa shape index (κ2) is 6.95. The highest BCUT2D eigenvalue weighted by Crippen LogP contribution is 2.30. The number of nitrogens with zero attached hydrogens (tertiary/aromatic N) is 1. The van der Waals surface area contributed by atoms with Crippen molar-refractivity contribution in [3.05, 3.63) is 23.7 Å². The molecule has 2 heterocycles. The normalized spacial score (nSPS) is 26.4. The fourth-order valence-electron chi connectivity index (χ4n) is 3.51. The largest absolute Gasteiger partial charge is 0.468 e. The predicted molar refractivity (Wildman–Crippen MR) is 83.0 cm³/mol. The molecule has 4 heteroatoms. The number of hydrogen-bond donors (Lipinski definition) is 1. The van der Waals surface area contributed by atoms with Gasteiger partial charge in [-0.25, -0.2) is 0 Å². The SMILES string of the molecule is CC(C)CNCc1coc(CN2CCOC3CCCC32)c1. The molecule has 0 bridgehead atoms. The van der Waals surface area contributed by atoms with Gasteiger partial charge in [-0.15, -0.1) is 0 Å². The minimum absolute atomic E-state index is 0.459. The number of hydrogen-bond acceptors (Lipinski definition) is 4. The molecule has 1 N–H and O–H groups in total. The quantitative estimate of drug-likeness (QED) is 0.875. The van der Waals surface area contributed by atoms with E-state index >= 15 is 0 Å². The summed E-state index contributed by atoms with van der Waals surface area (Å²) in [6.45, 7) is 9.22. The van der Waals surface area contributed by atoms with Crippen LogP contribution in [0.15, 0.2) is 16.7 Å². The molecule has 1 aliphatic carbocycles. The van der Waals surface area contributed by atoms with Gasteiger partial charge in [0.25, 0.3) is 0 Å².